The average Bonchev–Trinajstić information content (AvgIpc) is 3.31. The zero-order valence-corrected chi connectivity index (χ0v) is 16.7. The summed E-state index contributed by atoms with van der Waals surface area (Å²) in [5, 5.41) is 0.910. The van der Waals surface area contributed by atoms with E-state index in [9.17, 15) is 14.0 Å². The fraction of sp³-hybridized carbons (Fsp3) is 0.292. The maximum absolute atomic E-state index is 14.1. The molecule has 5 rings (SSSR count). The number of benzene rings is 2. The highest BCUT2D eigenvalue weighted by Crippen LogP contribution is 2.45. The van der Waals surface area contributed by atoms with Crippen LogP contribution >= 0.6 is 0 Å². The van der Waals surface area contributed by atoms with Gasteiger partial charge < -0.3 is 9.80 Å². The minimum atomic E-state index is -0.323. The highest BCUT2D eigenvalue weighted by Gasteiger charge is 2.50. The summed E-state index contributed by atoms with van der Waals surface area (Å²) < 4.78 is 14.1. The Morgan fingerprint density at radius 3 is 2.63 bits per heavy atom. The molecule has 0 saturated carbocycles. The molecule has 2 aliphatic rings. The van der Waals surface area contributed by atoms with Gasteiger partial charge in [0.1, 0.15) is 5.82 Å². The molecule has 3 aromatic rings. The van der Waals surface area contributed by atoms with E-state index in [0.29, 0.717) is 30.7 Å². The molecule has 6 heteroatoms. The van der Waals surface area contributed by atoms with Crippen molar-refractivity contribution in [1.82, 2.24) is 14.8 Å². The van der Waals surface area contributed by atoms with E-state index in [0.717, 1.165) is 10.9 Å². The second kappa shape index (κ2) is 7.20. The fourth-order valence-electron chi connectivity index (χ4n) is 5.06. The number of likely N-dealkylation sites (tertiary alicyclic amines) is 2. The smallest absolute Gasteiger partial charge is 0.256 e. The molecule has 1 aromatic heterocycles. The van der Waals surface area contributed by atoms with E-state index >= 15 is 0 Å². The number of rotatable bonds is 2. The van der Waals surface area contributed by atoms with E-state index in [1.807, 2.05) is 40.1 Å². The lowest BCUT2D eigenvalue weighted by molar-refractivity contribution is -0.128. The van der Waals surface area contributed by atoms with Gasteiger partial charge in [0.05, 0.1) is 17.1 Å². The molecule has 0 bridgehead atoms. The molecule has 0 unspecified atom stereocenters. The maximum Gasteiger partial charge on any atom is 0.256 e. The molecule has 2 aromatic carbocycles. The lowest BCUT2D eigenvalue weighted by Crippen LogP contribution is -2.37. The van der Waals surface area contributed by atoms with Gasteiger partial charge in [-0.15, -0.1) is 0 Å². The monoisotopic (exact) mass is 403 g/mol. The number of para-hydroxylation sites is 1. The first-order valence-electron chi connectivity index (χ1n) is 10.2. The van der Waals surface area contributed by atoms with Gasteiger partial charge in [-0.3, -0.25) is 14.6 Å². The van der Waals surface area contributed by atoms with Gasteiger partial charge in [-0.2, -0.15) is 0 Å². The molecule has 152 valence electrons. The summed E-state index contributed by atoms with van der Waals surface area (Å²) in [6.07, 6.45) is 1.69. The minimum absolute atomic E-state index is 0.0403. The van der Waals surface area contributed by atoms with Crippen LogP contribution in [-0.2, 0) is 4.79 Å². The third-order valence-electron chi connectivity index (χ3n) is 6.42. The number of amides is 2. The molecular weight excluding hydrogens is 381 g/mol. The van der Waals surface area contributed by atoms with E-state index in [1.54, 1.807) is 25.3 Å². The predicted octanol–water partition coefficient (Wildman–Crippen LogP) is 3.67. The number of halogens is 1. The molecule has 2 aliphatic heterocycles. The van der Waals surface area contributed by atoms with Gasteiger partial charge in [0, 0.05) is 50.0 Å². The van der Waals surface area contributed by atoms with Crippen molar-refractivity contribution < 1.29 is 14.0 Å². The van der Waals surface area contributed by atoms with E-state index in [1.165, 1.54) is 12.1 Å². The number of pyridine rings is 1. The van der Waals surface area contributed by atoms with Crippen molar-refractivity contribution in [2.45, 2.75) is 13.0 Å². The van der Waals surface area contributed by atoms with Gasteiger partial charge in [-0.05, 0) is 29.8 Å². The molecule has 3 heterocycles. The van der Waals surface area contributed by atoms with E-state index < -0.39 is 0 Å². The number of carbonyl (C=O) groups excluding carboxylic acids is 2. The van der Waals surface area contributed by atoms with E-state index in [-0.39, 0.29) is 35.5 Å². The minimum Gasteiger partial charge on any atom is -0.342 e. The maximum atomic E-state index is 14.1. The van der Waals surface area contributed by atoms with Gasteiger partial charge in [-0.1, -0.05) is 30.3 Å². The highest BCUT2D eigenvalue weighted by molar-refractivity contribution is 6.05. The summed E-state index contributed by atoms with van der Waals surface area (Å²) in [5.74, 6) is -0.121. The van der Waals surface area contributed by atoms with Crippen molar-refractivity contribution in [2.24, 2.45) is 11.8 Å². The molecule has 0 N–H and O–H groups in total. The van der Waals surface area contributed by atoms with Gasteiger partial charge >= 0.3 is 0 Å². The van der Waals surface area contributed by atoms with Crippen molar-refractivity contribution in [3.8, 4) is 0 Å². The number of carbonyl (C=O) groups is 2. The number of fused-ring (bicyclic) bond motifs is 2. The molecule has 2 saturated heterocycles. The van der Waals surface area contributed by atoms with Crippen LogP contribution in [0.5, 0.6) is 0 Å². The molecule has 0 aliphatic carbocycles. The zero-order valence-electron chi connectivity index (χ0n) is 16.7. The predicted molar refractivity (Wildman–Crippen MR) is 111 cm³/mol. The Hall–Kier alpha value is -3.28. The van der Waals surface area contributed by atoms with Gasteiger partial charge in [0.15, 0.2) is 0 Å². The fourth-order valence-corrected chi connectivity index (χ4v) is 5.06. The lowest BCUT2D eigenvalue weighted by atomic mass is 9.89. The van der Waals surface area contributed by atoms with Crippen LogP contribution in [-0.4, -0.2) is 46.2 Å². The Labute approximate surface area is 174 Å². The summed E-state index contributed by atoms with van der Waals surface area (Å²) >= 11 is 0. The molecular formula is C24H22FN3O2. The van der Waals surface area contributed by atoms with Crippen molar-refractivity contribution in [3.05, 3.63) is 77.7 Å². The Morgan fingerprint density at radius 1 is 1.03 bits per heavy atom. The molecule has 5 nitrogen and oxygen atoms in total. The standard InChI is InChI=1S/C24H22FN3O2/c1-15(29)27-12-18-13-28(23(21(18)14-27)17-6-2-8-19(25)11-17)24(30)20-9-3-5-16-7-4-10-26-22(16)20/h2-11,18,21,23H,12-14H2,1H3/t18-,21-,23-/m0/s1. The highest BCUT2D eigenvalue weighted by atomic mass is 19.1. The van der Waals surface area contributed by atoms with Crippen molar-refractivity contribution in [3.63, 3.8) is 0 Å². The molecule has 2 amide bonds. The molecule has 3 atom stereocenters. The Kier molecular flexibility index (Phi) is 4.50. The van der Waals surface area contributed by atoms with Gasteiger partial charge in [-0.25, -0.2) is 4.39 Å². The second-order valence-electron chi connectivity index (χ2n) is 8.19. The van der Waals surface area contributed by atoms with Gasteiger partial charge in [0.25, 0.3) is 5.91 Å². The molecule has 30 heavy (non-hydrogen) atoms. The van der Waals surface area contributed by atoms with Crippen molar-refractivity contribution in [2.75, 3.05) is 19.6 Å². The summed E-state index contributed by atoms with van der Waals surface area (Å²) in [5.41, 5.74) is 2.00. The normalized spacial score (nSPS) is 23.1. The average molecular weight is 403 g/mol. The van der Waals surface area contributed by atoms with Crippen molar-refractivity contribution in [1.29, 1.82) is 0 Å². The number of hydrogen-bond acceptors (Lipinski definition) is 3. The first kappa shape index (κ1) is 18.7. The Balaban J connectivity index is 1.56. The second-order valence-corrected chi connectivity index (χ2v) is 8.19. The van der Waals surface area contributed by atoms with Crippen LogP contribution in [0.4, 0.5) is 4.39 Å². The third-order valence-corrected chi connectivity index (χ3v) is 6.42. The van der Waals surface area contributed by atoms with Crippen LogP contribution in [0.2, 0.25) is 0 Å². The third kappa shape index (κ3) is 3.03. The summed E-state index contributed by atoms with van der Waals surface area (Å²) in [7, 11) is 0. The molecule has 0 spiro atoms. The number of nitrogens with zero attached hydrogens (tertiary/aromatic N) is 3. The summed E-state index contributed by atoms with van der Waals surface area (Å²) in [4.78, 5) is 33.7. The van der Waals surface area contributed by atoms with Crippen LogP contribution < -0.4 is 0 Å². The first-order valence-corrected chi connectivity index (χ1v) is 10.2. The SMILES string of the molecule is CC(=O)N1C[C@H]2CN(C(=O)c3cccc4cccnc34)[C@@H](c3cccc(F)c3)[C@H]2C1. The van der Waals surface area contributed by atoms with E-state index in [4.69, 9.17) is 0 Å². The number of hydrogen-bond donors (Lipinski definition) is 0. The topological polar surface area (TPSA) is 53.5 Å². The van der Waals surface area contributed by atoms with Crippen LogP contribution in [0.15, 0.2) is 60.8 Å². The van der Waals surface area contributed by atoms with Crippen LogP contribution in [0.25, 0.3) is 10.9 Å². The van der Waals surface area contributed by atoms with E-state index in [2.05, 4.69) is 4.98 Å². The number of aromatic nitrogens is 1. The van der Waals surface area contributed by atoms with Crippen molar-refractivity contribution >= 4 is 22.7 Å². The summed E-state index contributed by atoms with van der Waals surface area (Å²) in [6, 6.07) is 15.6. The quantitative estimate of drug-likeness (QED) is 0.656. The molecule has 2 fully saturated rings. The van der Waals surface area contributed by atoms with Crippen LogP contribution in [0.1, 0.15) is 28.9 Å². The first-order chi connectivity index (χ1) is 14.5. The lowest BCUT2D eigenvalue weighted by Gasteiger charge is -2.30. The largest absolute Gasteiger partial charge is 0.342 e. The summed E-state index contributed by atoms with van der Waals surface area (Å²) in [6.45, 7) is 3.32. The Morgan fingerprint density at radius 2 is 1.83 bits per heavy atom. The van der Waals surface area contributed by atoms with Gasteiger partial charge in [0.2, 0.25) is 5.91 Å². The zero-order chi connectivity index (χ0) is 20.8. The van der Waals surface area contributed by atoms with Crippen LogP contribution in [0, 0.1) is 17.7 Å². The molecule has 0 radical (unpaired) electrons. The van der Waals surface area contributed by atoms with Crippen LogP contribution in [0.3, 0.4) is 0 Å². The Bertz CT molecular complexity index is 1140.